The van der Waals surface area contributed by atoms with Crippen LogP contribution in [0.5, 0.6) is 0 Å². The summed E-state index contributed by atoms with van der Waals surface area (Å²) in [6.45, 7) is 4.40. The van der Waals surface area contributed by atoms with E-state index in [2.05, 4.69) is 48.6 Å². The minimum atomic E-state index is -3.32. The second-order valence-electron chi connectivity index (χ2n) is 4.15. The van der Waals surface area contributed by atoms with Gasteiger partial charge in [0.05, 0.1) is 11.4 Å². The Morgan fingerprint density at radius 2 is 2.06 bits per heavy atom. The smallest absolute Gasteiger partial charge is 0.234 e. The van der Waals surface area contributed by atoms with E-state index < -0.39 is 10.0 Å². The van der Waals surface area contributed by atoms with Crippen molar-refractivity contribution in [2.75, 3.05) is 17.0 Å². The molecule has 2 N–H and O–H groups in total. The molecule has 0 aromatic heterocycles. The summed E-state index contributed by atoms with van der Waals surface area (Å²) >= 11 is 5.47. The number of hydrogen-bond donors (Lipinski definition) is 2. The number of halogens is 2. The molecular formula is C11H16BrIN2O2S. The summed E-state index contributed by atoms with van der Waals surface area (Å²) in [6.07, 6.45) is 0. The highest BCUT2D eigenvalue weighted by molar-refractivity contribution is 14.1. The first kappa shape index (κ1) is 16.2. The first-order chi connectivity index (χ1) is 8.30. The lowest BCUT2D eigenvalue weighted by molar-refractivity contribution is 0.582. The zero-order chi connectivity index (χ0) is 13.8. The Morgan fingerprint density at radius 3 is 2.67 bits per heavy atom. The standard InChI is InChI=1S/C11H16BrIN2O2S/c1-8(2)14-5-6-18(16,17)15-11-7-9(13)3-4-10(11)12/h3-4,7-8,14-15H,5-6H2,1-2H3. The van der Waals surface area contributed by atoms with Crippen molar-refractivity contribution in [2.45, 2.75) is 19.9 Å². The average molecular weight is 447 g/mol. The average Bonchev–Trinajstić information content (AvgIpc) is 2.22. The molecule has 1 rings (SSSR count). The summed E-state index contributed by atoms with van der Waals surface area (Å²) in [6, 6.07) is 5.80. The molecule has 7 heteroatoms. The third-order valence-corrected chi connectivity index (χ3v) is 4.75. The van der Waals surface area contributed by atoms with E-state index in [1.165, 1.54) is 0 Å². The van der Waals surface area contributed by atoms with E-state index in [9.17, 15) is 8.42 Å². The normalized spacial score (nSPS) is 11.8. The van der Waals surface area contributed by atoms with Crippen LogP contribution in [0.1, 0.15) is 13.8 Å². The quantitative estimate of drug-likeness (QED) is 0.660. The van der Waals surface area contributed by atoms with E-state index >= 15 is 0 Å². The van der Waals surface area contributed by atoms with Gasteiger partial charge in [0, 0.05) is 20.6 Å². The number of hydrogen-bond acceptors (Lipinski definition) is 3. The number of rotatable bonds is 6. The first-order valence-corrected chi connectivity index (χ1v) is 9.01. The van der Waals surface area contributed by atoms with Gasteiger partial charge in [0.2, 0.25) is 10.0 Å². The summed E-state index contributed by atoms with van der Waals surface area (Å²) in [5.41, 5.74) is 0.575. The summed E-state index contributed by atoms with van der Waals surface area (Å²) in [5, 5.41) is 3.08. The number of anilines is 1. The Labute approximate surface area is 130 Å². The van der Waals surface area contributed by atoms with E-state index in [0.717, 1.165) is 8.04 Å². The molecule has 18 heavy (non-hydrogen) atoms. The summed E-state index contributed by atoms with van der Waals surface area (Å²) in [7, 11) is -3.32. The molecule has 0 saturated carbocycles. The predicted molar refractivity (Wildman–Crippen MR) is 87.4 cm³/mol. The van der Waals surface area contributed by atoms with Crippen LogP contribution in [0.15, 0.2) is 22.7 Å². The molecule has 4 nitrogen and oxygen atoms in total. The zero-order valence-corrected chi connectivity index (χ0v) is 14.8. The molecule has 0 bridgehead atoms. The van der Waals surface area contributed by atoms with Crippen molar-refractivity contribution in [1.82, 2.24) is 5.32 Å². The van der Waals surface area contributed by atoms with Gasteiger partial charge in [-0.25, -0.2) is 8.42 Å². The van der Waals surface area contributed by atoms with E-state index in [1.54, 1.807) is 6.07 Å². The van der Waals surface area contributed by atoms with Crippen molar-refractivity contribution < 1.29 is 8.42 Å². The van der Waals surface area contributed by atoms with Gasteiger partial charge in [0.25, 0.3) is 0 Å². The maximum atomic E-state index is 11.9. The monoisotopic (exact) mass is 446 g/mol. The second kappa shape index (κ2) is 7.06. The van der Waals surface area contributed by atoms with Gasteiger partial charge in [-0.3, -0.25) is 4.72 Å². The Balaban J connectivity index is 2.67. The summed E-state index contributed by atoms with van der Waals surface area (Å²) < 4.78 is 28.0. The van der Waals surface area contributed by atoms with Crippen LogP contribution in [0.25, 0.3) is 0 Å². The molecule has 0 spiro atoms. The molecule has 0 aliphatic rings. The van der Waals surface area contributed by atoms with Crippen LogP contribution in [-0.2, 0) is 10.0 Å². The van der Waals surface area contributed by atoms with Gasteiger partial charge < -0.3 is 5.32 Å². The number of benzene rings is 1. The lowest BCUT2D eigenvalue weighted by atomic mass is 10.3. The molecule has 0 heterocycles. The second-order valence-corrected chi connectivity index (χ2v) is 8.10. The van der Waals surface area contributed by atoms with Gasteiger partial charge in [-0.1, -0.05) is 13.8 Å². The fourth-order valence-electron chi connectivity index (χ4n) is 1.28. The Hall–Kier alpha value is 0.140. The van der Waals surface area contributed by atoms with Crippen LogP contribution in [0, 0.1) is 3.57 Å². The van der Waals surface area contributed by atoms with Crippen molar-refractivity contribution in [3.8, 4) is 0 Å². The van der Waals surface area contributed by atoms with Gasteiger partial charge in [0.15, 0.2) is 0 Å². The molecule has 0 aliphatic carbocycles. The molecule has 0 aliphatic heterocycles. The fourth-order valence-corrected chi connectivity index (χ4v) is 3.24. The van der Waals surface area contributed by atoms with Crippen LogP contribution in [-0.4, -0.2) is 26.8 Å². The Bertz CT molecular complexity index is 506. The van der Waals surface area contributed by atoms with E-state index in [4.69, 9.17) is 0 Å². The number of nitrogens with one attached hydrogen (secondary N) is 2. The van der Waals surface area contributed by atoms with Gasteiger partial charge >= 0.3 is 0 Å². The van der Waals surface area contributed by atoms with Crippen LogP contribution >= 0.6 is 38.5 Å². The van der Waals surface area contributed by atoms with Gasteiger partial charge in [0.1, 0.15) is 0 Å². The third kappa shape index (κ3) is 5.85. The molecule has 1 aromatic rings. The molecule has 0 radical (unpaired) electrons. The molecular weight excluding hydrogens is 431 g/mol. The highest BCUT2D eigenvalue weighted by Gasteiger charge is 2.12. The van der Waals surface area contributed by atoms with Crippen molar-refractivity contribution in [2.24, 2.45) is 0 Å². The molecule has 0 atom stereocenters. The zero-order valence-electron chi connectivity index (χ0n) is 10.2. The van der Waals surface area contributed by atoms with Gasteiger partial charge in [-0.15, -0.1) is 0 Å². The fraction of sp³-hybridized carbons (Fsp3) is 0.455. The van der Waals surface area contributed by atoms with E-state index in [-0.39, 0.29) is 11.8 Å². The van der Waals surface area contributed by atoms with Crippen LogP contribution in [0.3, 0.4) is 0 Å². The van der Waals surface area contributed by atoms with Crippen molar-refractivity contribution in [3.63, 3.8) is 0 Å². The first-order valence-electron chi connectivity index (χ1n) is 5.49. The van der Waals surface area contributed by atoms with Gasteiger partial charge in [-0.05, 0) is 56.7 Å². The molecule has 1 aromatic carbocycles. The molecule has 0 amide bonds. The van der Waals surface area contributed by atoms with Gasteiger partial charge in [-0.2, -0.15) is 0 Å². The van der Waals surface area contributed by atoms with Crippen LogP contribution < -0.4 is 10.0 Å². The molecule has 0 unspecified atom stereocenters. The minimum absolute atomic E-state index is 0.0586. The highest BCUT2D eigenvalue weighted by Crippen LogP contribution is 2.25. The topological polar surface area (TPSA) is 58.2 Å². The summed E-state index contributed by atoms with van der Waals surface area (Å²) in [5.74, 6) is 0.0586. The minimum Gasteiger partial charge on any atom is -0.313 e. The highest BCUT2D eigenvalue weighted by atomic mass is 127. The van der Waals surface area contributed by atoms with E-state index in [1.807, 2.05) is 26.0 Å². The Morgan fingerprint density at radius 1 is 1.39 bits per heavy atom. The SMILES string of the molecule is CC(C)NCCS(=O)(=O)Nc1cc(I)ccc1Br. The third-order valence-electron chi connectivity index (χ3n) is 2.12. The lowest BCUT2D eigenvalue weighted by Gasteiger charge is -2.11. The largest absolute Gasteiger partial charge is 0.313 e. The maximum Gasteiger partial charge on any atom is 0.234 e. The molecule has 102 valence electrons. The van der Waals surface area contributed by atoms with E-state index in [0.29, 0.717) is 12.2 Å². The number of sulfonamides is 1. The summed E-state index contributed by atoms with van der Waals surface area (Å²) in [4.78, 5) is 0. The predicted octanol–water partition coefficient (Wildman–Crippen LogP) is 2.79. The van der Waals surface area contributed by atoms with Crippen molar-refractivity contribution in [3.05, 3.63) is 26.2 Å². The van der Waals surface area contributed by atoms with Crippen molar-refractivity contribution >= 4 is 54.2 Å². The van der Waals surface area contributed by atoms with Crippen LogP contribution in [0.2, 0.25) is 0 Å². The molecule has 0 saturated heterocycles. The maximum absolute atomic E-state index is 11.9. The Kier molecular flexibility index (Phi) is 6.36. The molecule has 0 fully saturated rings. The van der Waals surface area contributed by atoms with Crippen LogP contribution in [0.4, 0.5) is 5.69 Å². The lowest BCUT2D eigenvalue weighted by Crippen LogP contribution is -2.31. The van der Waals surface area contributed by atoms with Crippen molar-refractivity contribution in [1.29, 1.82) is 0 Å².